The Kier molecular flexibility index (Phi) is 11.0. The third kappa shape index (κ3) is 6.94. The third-order valence-corrected chi connectivity index (χ3v) is 4.35. The molecule has 1 aliphatic heterocycles. The first-order valence-electron chi connectivity index (χ1n) is 9.20. The van der Waals surface area contributed by atoms with Crippen LogP contribution in [0.4, 0.5) is 0 Å². The van der Waals surface area contributed by atoms with E-state index in [1.54, 1.807) is 0 Å². The quantitative estimate of drug-likeness (QED) is 0.278. The second-order valence-electron chi connectivity index (χ2n) is 6.23. The van der Waals surface area contributed by atoms with Gasteiger partial charge < -0.3 is 15.2 Å². The SMILES string of the molecule is CCCCCNC(=NC)NCCCc1nnc2n1CCCCC2.I. The van der Waals surface area contributed by atoms with Crippen LogP contribution in [0.25, 0.3) is 0 Å². The standard InChI is InChI=1S/C17H32N6.HI/c1-3-4-7-12-19-17(18-2)20-13-9-11-16-22-21-15-10-6-5-8-14-23(15)16;/h3-14H2,1-2H3,(H2,18,19,20);1H. The molecule has 0 spiro atoms. The summed E-state index contributed by atoms with van der Waals surface area (Å²) in [6.07, 6.45) is 10.6. The molecule has 0 unspecified atom stereocenters. The van der Waals surface area contributed by atoms with Crippen LogP contribution in [0.5, 0.6) is 0 Å². The molecule has 1 aromatic heterocycles. The van der Waals surface area contributed by atoms with E-state index in [4.69, 9.17) is 0 Å². The van der Waals surface area contributed by atoms with E-state index in [-0.39, 0.29) is 24.0 Å². The number of hydrogen-bond donors (Lipinski definition) is 2. The lowest BCUT2D eigenvalue weighted by atomic mass is 10.2. The molecule has 0 aromatic carbocycles. The Morgan fingerprint density at radius 2 is 1.88 bits per heavy atom. The van der Waals surface area contributed by atoms with Crippen LogP contribution in [0.3, 0.4) is 0 Å². The zero-order chi connectivity index (χ0) is 16.3. The highest BCUT2D eigenvalue weighted by Gasteiger charge is 2.13. The fourth-order valence-electron chi connectivity index (χ4n) is 2.99. The summed E-state index contributed by atoms with van der Waals surface area (Å²) in [5.74, 6) is 3.23. The second kappa shape index (κ2) is 12.5. The van der Waals surface area contributed by atoms with Gasteiger partial charge in [-0.3, -0.25) is 4.99 Å². The lowest BCUT2D eigenvalue weighted by molar-refractivity contribution is 0.593. The first-order chi connectivity index (χ1) is 11.3. The van der Waals surface area contributed by atoms with Gasteiger partial charge in [-0.1, -0.05) is 26.2 Å². The zero-order valence-electron chi connectivity index (χ0n) is 15.2. The molecule has 2 heterocycles. The molecule has 2 rings (SSSR count). The van der Waals surface area contributed by atoms with Gasteiger partial charge in [-0.05, 0) is 25.7 Å². The van der Waals surface area contributed by atoms with Crippen molar-refractivity contribution >= 4 is 29.9 Å². The van der Waals surface area contributed by atoms with Crippen molar-refractivity contribution in [1.29, 1.82) is 0 Å². The van der Waals surface area contributed by atoms with E-state index in [2.05, 4.69) is 37.3 Å². The molecule has 1 aliphatic rings. The average Bonchev–Trinajstić information content (AvgIpc) is 2.80. The van der Waals surface area contributed by atoms with Gasteiger partial charge in [0.2, 0.25) is 0 Å². The molecule has 0 radical (unpaired) electrons. The molecule has 0 saturated heterocycles. The minimum atomic E-state index is 0. The lowest BCUT2D eigenvalue weighted by Crippen LogP contribution is -2.38. The smallest absolute Gasteiger partial charge is 0.190 e. The summed E-state index contributed by atoms with van der Waals surface area (Å²) in [4.78, 5) is 4.26. The fourth-order valence-corrected chi connectivity index (χ4v) is 2.99. The zero-order valence-corrected chi connectivity index (χ0v) is 17.5. The van der Waals surface area contributed by atoms with E-state index in [0.717, 1.165) is 50.7 Å². The van der Waals surface area contributed by atoms with Crippen LogP contribution in [0, 0.1) is 0 Å². The van der Waals surface area contributed by atoms with Gasteiger partial charge in [0.1, 0.15) is 11.6 Å². The topological polar surface area (TPSA) is 67.1 Å². The maximum atomic E-state index is 4.39. The Labute approximate surface area is 163 Å². The molecule has 0 aliphatic carbocycles. The van der Waals surface area contributed by atoms with Gasteiger partial charge in [0, 0.05) is 39.5 Å². The summed E-state index contributed by atoms with van der Waals surface area (Å²) in [6.45, 7) is 5.21. The Morgan fingerprint density at radius 3 is 2.62 bits per heavy atom. The minimum Gasteiger partial charge on any atom is -0.356 e. The van der Waals surface area contributed by atoms with Crippen LogP contribution in [0.15, 0.2) is 4.99 Å². The van der Waals surface area contributed by atoms with Gasteiger partial charge in [0.15, 0.2) is 5.96 Å². The highest BCUT2D eigenvalue weighted by atomic mass is 127. The molecule has 0 bridgehead atoms. The maximum Gasteiger partial charge on any atom is 0.190 e. The number of halogens is 1. The lowest BCUT2D eigenvalue weighted by Gasteiger charge is -2.12. The van der Waals surface area contributed by atoms with Gasteiger partial charge in [-0.25, -0.2) is 0 Å². The van der Waals surface area contributed by atoms with E-state index in [1.165, 1.54) is 44.3 Å². The molecule has 0 amide bonds. The molecule has 0 saturated carbocycles. The number of unbranched alkanes of at least 4 members (excludes halogenated alkanes) is 2. The van der Waals surface area contributed by atoms with Crippen LogP contribution in [0.1, 0.15) is 63.5 Å². The first-order valence-corrected chi connectivity index (χ1v) is 9.20. The van der Waals surface area contributed by atoms with E-state index in [1.807, 2.05) is 7.05 Å². The molecular weight excluding hydrogens is 415 g/mol. The summed E-state index contributed by atoms with van der Waals surface area (Å²) >= 11 is 0. The molecular formula is C17H33IN6. The number of nitrogens with zero attached hydrogens (tertiary/aromatic N) is 4. The Morgan fingerprint density at radius 1 is 1.08 bits per heavy atom. The van der Waals surface area contributed by atoms with Gasteiger partial charge in [-0.15, -0.1) is 34.2 Å². The summed E-state index contributed by atoms with van der Waals surface area (Å²) in [5.41, 5.74) is 0. The van der Waals surface area contributed by atoms with Crippen LogP contribution in [0.2, 0.25) is 0 Å². The fraction of sp³-hybridized carbons (Fsp3) is 0.824. The summed E-state index contributed by atoms with van der Waals surface area (Å²) in [6, 6.07) is 0. The molecule has 0 atom stereocenters. The van der Waals surface area contributed by atoms with Crippen molar-refractivity contribution in [2.75, 3.05) is 20.1 Å². The first kappa shape index (κ1) is 21.2. The summed E-state index contributed by atoms with van der Waals surface area (Å²) in [5, 5.41) is 15.5. The highest BCUT2D eigenvalue weighted by Crippen LogP contribution is 2.15. The van der Waals surface area contributed by atoms with Gasteiger partial charge in [0.25, 0.3) is 0 Å². The van der Waals surface area contributed by atoms with Crippen molar-refractivity contribution in [1.82, 2.24) is 25.4 Å². The number of guanidine groups is 1. The Hall–Kier alpha value is -0.860. The van der Waals surface area contributed by atoms with Crippen molar-refractivity contribution in [2.24, 2.45) is 4.99 Å². The van der Waals surface area contributed by atoms with E-state index < -0.39 is 0 Å². The number of rotatable bonds is 8. The van der Waals surface area contributed by atoms with Crippen LogP contribution in [-0.4, -0.2) is 40.9 Å². The molecule has 24 heavy (non-hydrogen) atoms. The highest BCUT2D eigenvalue weighted by molar-refractivity contribution is 14.0. The number of hydrogen-bond acceptors (Lipinski definition) is 3. The number of nitrogens with one attached hydrogen (secondary N) is 2. The molecule has 0 fully saturated rings. The largest absolute Gasteiger partial charge is 0.356 e. The van der Waals surface area contributed by atoms with Crippen molar-refractivity contribution in [3.05, 3.63) is 11.6 Å². The second-order valence-corrected chi connectivity index (χ2v) is 6.23. The van der Waals surface area contributed by atoms with Crippen LogP contribution < -0.4 is 10.6 Å². The maximum absolute atomic E-state index is 4.39. The molecule has 6 nitrogen and oxygen atoms in total. The van der Waals surface area contributed by atoms with Gasteiger partial charge in [-0.2, -0.15) is 0 Å². The Bertz CT molecular complexity index is 485. The normalized spacial score (nSPS) is 14.5. The van der Waals surface area contributed by atoms with Crippen LogP contribution in [-0.2, 0) is 19.4 Å². The van der Waals surface area contributed by atoms with Crippen molar-refractivity contribution in [3.63, 3.8) is 0 Å². The third-order valence-electron chi connectivity index (χ3n) is 4.35. The summed E-state index contributed by atoms with van der Waals surface area (Å²) in [7, 11) is 1.83. The molecule has 2 N–H and O–H groups in total. The van der Waals surface area contributed by atoms with Crippen molar-refractivity contribution in [3.8, 4) is 0 Å². The van der Waals surface area contributed by atoms with Gasteiger partial charge in [0.05, 0.1) is 0 Å². The molecule has 138 valence electrons. The Balaban J connectivity index is 0.00000288. The van der Waals surface area contributed by atoms with E-state index in [9.17, 15) is 0 Å². The van der Waals surface area contributed by atoms with E-state index >= 15 is 0 Å². The minimum absolute atomic E-state index is 0. The van der Waals surface area contributed by atoms with E-state index in [0.29, 0.717) is 0 Å². The monoisotopic (exact) mass is 448 g/mol. The number of aliphatic imine (C=N–C) groups is 1. The predicted molar refractivity (Wildman–Crippen MR) is 110 cm³/mol. The molecule has 1 aromatic rings. The number of aryl methyl sites for hydroxylation is 2. The predicted octanol–water partition coefficient (Wildman–Crippen LogP) is 2.91. The number of aromatic nitrogens is 3. The van der Waals surface area contributed by atoms with Crippen molar-refractivity contribution < 1.29 is 0 Å². The summed E-state index contributed by atoms with van der Waals surface area (Å²) < 4.78 is 2.34. The van der Waals surface area contributed by atoms with Gasteiger partial charge >= 0.3 is 0 Å². The average molecular weight is 448 g/mol. The van der Waals surface area contributed by atoms with Crippen molar-refractivity contribution in [2.45, 2.75) is 71.3 Å². The van der Waals surface area contributed by atoms with Crippen LogP contribution >= 0.6 is 24.0 Å². The molecule has 7 heteroatoms. The number of fused-ring (bicyclic) bond motifs is 1.